The molecule has 3 heteroatoms. The van der Waals surface area contributed by atoms with Crippen LogP contribution in [0.15, 0.2) is 0 Å². The summed E-state index contributed by atoms with van der Waals surface area (Å²) in [7, 11) is 5.08. The fourth-order valence-electron chi connectivity index (χ4n) is 5.90. The van der Waals surface area contributed by atoms with Gasteiger partial charge >= 0.3 is 0 Å². The Bertz CT molecular complexity index is 387. The van der Waals surface area contributed by atoms with E-state index in [9.17, 15) is 0 Å². The van der Waals surface area contributed by atoms with Crippen LogP contribution in [0.3, 0.4) is 0 Å². The maximum atomic E-state index is 2.43. The lowest BCUT2D eigenvalue weighted by atomic mass is 9.63. The van der Waals surface area contributed by atoms with Gasteiger partial charge in [0.2, 0.25) is 0 Å². The molecule has 212 valence electrons. The zero-order chi connectivity index (χ0) is 26.4. The molecule has 0 bridgehead atoms. The van der Waals surface area contributed by atoms with Gasteiger partial charge in [0, 0.05) is 0 Å². The van der Waals surface area contributed by atoms with Crippen molar-refractivity contribution < 1.29 is 0 Å². The van der Waals surface area contributed by atoms with E-state index in [1.165, 1.54) is 194 Å². The first-order chi connectivity index (χ1) is 17.7. The molecule has 0 radical (unpaired) electrons. The molecule has 0 N–H and O–H groups in total. The first-order valence-corrected chi connectivity index (χ1v) is 17.7. The van der Waals surface area contributed by atoms with E-state index in [0.717, 1.165) is 11.6 Å². The van der Waals surface area contributed by atoms with Gasteiger partial charge < -0.3 is 0 Å². The molecule has 0 saturated carbocycles. The van der Waals surface area contributed by atoms with Crippen molar-refractivity contribution in [3.8, 4) is 0 Å². The van der Waals surface area contributed by atoms with Crippen molar-refractivity contribution in [3.05, 3.63) is 0 Å². The minimum atomic E-state index is 0.946. The van der Waals surface area contributed by atoms with Crippen LogP contribution in [0, 0.1) is 0 Å². The molecule has 0 aliphatic rings. The van der Waals surface area contributed by atoms with Crippen molar-refractivity contribution in [2.24, 2.45) is 0 Å². The quantitative estimate of drug-likeness (QED) is 0.0656. The molecule has 0 aromatic carbocycles. The Morgan fingerprint density at radius 2 is 0.667 bits per heavy atom. The van der Waals surface area contributed by atoms with Crippen molar-refractivity contribution in [1.29, 1.82) is 0 Å². The second-order valence-electron chi connectivity index (χ2n) is 12.6. The summed E-state index contributed by atoms with van der Waals surface area (Å²) < 4.78 is 0. The van der Waals surface area contributed by atoms with Crippen LogP contribution in [0.5, 0.6) is 0 Å². The smallest absolute Gasteiger partial charge is 0.0891 e. The molecule has 36 heavy (non-hydrogen) atoms. The highest BCUT2D eigenvalue weighted by atomic mass is 14.1. The fraction of sp³-hybridized carbons (Fsp3) is 1.00. The minimum absolute atomic E-state index is 0.946. The Morgan fingerprint density at radius 3 is 0.944 bits per heavy atom. The molecule has 0 spiro atoms. The van der Waals surface area contributed by atoms with Crippen LogP contribution in [0.4, 0.5) is 0 Å². The molecule has 0 saturated heterocycles. The van der Waals surface area contributed by atoms with Crippen molar-refractivity contribution in [2.75, 3.05) is 0 Å². The molecule has 0 amide bonds. The van der Waals surface area contributed by atoms with Gasteiger partial charge in [0.1, 0.15) is 22.4 Å². The van der Waals surface area contributed by atoms with E-state index in [2.05, 4.69) is 28.4 Å². The lowest BCUT2D eigenvalue weighted by molar-refractivity contribution is 0.512. The normalized spacial score (nSPS) is 13.1. The molecule has 0 nitrogen and oxygen atoms in total. The molecule has 0 aromatic heterocycles. The van der Waals surface area contributed by atoms with E-state index in [4.69, 9.17) is 0 Å². The standard InChI is InChI=1S/C33H71B3/c1-32(35-2)28-24-20-16-12-8-5-4-6-9-13-17-21-25-29-33(36-3)30-26-22-18-14-10-7-11-15-19-23-27-31-34/h32-33,35-36H,4-31,34H2,1-3H3. The summed E-state index contributed by atoms with van der Waals surface area (Å²) in [6, 6.07) is 0. The summed E-state index contributed by atoms with van der Waals surface area (Å²) >= 11 is 0. The maximum Gasteiger partial charge on any atom is 0.120 e. The summed E-state index contributed by atoms with van der Waals surface area (Å²) in [5.41, 5.74) is 0. The summed E-state index contributed by atoms with van der Waals surface area (Å²) in [5.74, 6) is 1.96. The Kier molecular flexibility index (Phi) is 31.6. The van der Waals surface area contributed by atoms with E-state index >= 15 is 0 Å². The number of rotatable bonds is 31. The monoisotopic (exact) mass is 501 g/mol. The Balaban J connectivity index is 3.27. The second kappa shape index (κ2) is 31.4. The van der Waals surface area contributed by atoms with Crippen LogP contribution >= 0.6 is 0 Å². The predicted molar refractivity (Wildman–Crippen MR) is 177 cm³/mol. The minimum Gasteiger partial charge on any atom is -0.0891 e. The van der Waals surface area contributed by atoms with Crippen molar-refractivity contribution >= 4 is 22.4 Å². The van der Waals surface area contributed by atoms with E-state index < -0.39 is 0 Å². The van der Waals surface area contributed by atoms with Crippen LogP contribution in [0.2, 0.25) is 31.6 Å². The second-order valence-corrected chi connectivity index (χ2v) is 12.6. The Labute approximate surface area is 234 Å². The van der Waals surface area contributed by atoms with E-state index in [-0.39, 0.29) is 0 Å². The lowest BCUT2D eigenvalue weighted by Crippen LogP contribution is -2.00. The molecular weight excluding hydrogens is 429 g/mol. The molecule has 2 unspecified atom stereocenters. The molecule has 0 aliphatic heterocycles. The highest BCUT2D eigenvalue weighted by molar-refractivity contribution is 6.35. The van der Waals surface area contributed by atoms with Crippen LogP contribution in [0.25, 0.3) is 0 Å². The van der Waals surface area contributed by atoms with Gasteiger partial charge in [-0.1, -0.05) is 212 Å². The van der Waals surface area contributed by atoms with Crippen LogP contribution in [-0.4, -0.2) is 22.4 Å². The fourth-order valence-corrected chi connectivity index (χ4v) is 5.90. The first-order valence-electron chi connectivity index (χ1n) is 17.7. The largest absolute Gasteiger partial charge is 0.120 e. The highest BCUT2D eigenvalue weighted by Gasteiger charge is 2.07. The van der Waals surface area contributed by atoms with Gasteiger partial charge in [0.15, 0.2) is 0 Å². The molecule has 0 aliphatic carbocycles. The third kappa shape index (κ3) is 28.8. The molecule has 0 rings (SSSR count). The third-order valence-corrected chi connectivity index (χ3v) is 9.05. The third-order valence-electron chi connectivity index (χ3n) is 9.05. The first kappa shape index (κ1) is 36.2. The van der Waals surface area contributed by atoms with Gasteiger partial charge in [-0.25, -0.2) is 0 Å². The van der Waals surface area contributed by atoms with Crippen LogP contribution in [-0.2, 0) is 0 Å². The zero-order valence-electron chi connectivity index (χ0n) is 26.4. The molecule has 0 aromatic rings. The number of unbranched alkanes of at least 4 members (excludes halogenated alkanes) is 22. The molecule has 0 fully saturated rings. The average Bonchev–Trinajstić information content (AvgIpc) is 2.89. The van der Waals surface area contributed by atoms with Gasteiger partial charge in [-0.15, -0.1) is 0 Å². The van der Waals surface area contributed by atoms with E-state index in [0.29, 0.717) is 0 Å². The van der Waals surface area contributed by atoms with Crippen molar-refractivity contribution in [3.63, 3.8) is 0 Å². The summed E-state index contributed by atoms with van der Waals surface area (Å²) in [6.45, 7) is 7.16. The summed E-state index contributed by atoms with van der Waals surface area (Å²) in [6.07, 6.45) is 41.5. The molecule has 0 heterocycles. The number of hydrogen-bond acceptors (Lipinski definition) is 0. The van der Waals surface area contributed by atoms with Gasteiger partial charge in [-0.2, -0.15) is 0 Å². The van der Waals surface area contributed by atoms with Crippen molar-refractivity contribution in [2.45, 2.75) is 212 Å². The predicted octanol–water partition coefficient (Wildman–Crippen LogP) is 11.1. The highest BCUT2D eigenvalue weighted by Crippen LogP contribution is 2.23. The van der Waals surface area contributed by atoms with Crippen LogP contribution < -0.4 is 0 Å². The number of hydrogen-bond donors (Lipinski definition) is 0. The van der Waals surface area contributed by atoms with Gasteiger partial charge in [0.05, 0.1) is 0 Å². The Hall–Kier alpha value is 0.195. The molecular formula is C33H71B3. The van der Waals surface area contributed by atoms with Gasteiger partial charge in [0.25, 0.3) is 0 Å². The SMILES string of the molecule is BCCCCCCCCCCCCCC(BC)CCCCCCCCCCCCCCCC(C)BC. The van der Waals surface area contributed by atoms with E-state index in [1.807, 2.05) is 0 Å². The van der Waals surface area contributed by atoms with Crippen LogP contribution in [0.1, 0.15) is 180 Å². The average molecular weight is 500 g/mol. The van der Waals surface area contributed by atoms with E-state index in [1.54, 1.807) is 0 Å². The lowest BCUT2D eigenvalue weighted by Gasteiger charge is -2.14. The molecule has 2 atom stereocenters. The van der Waals surface area contributed by atoms with Gasteiger partial charge in [-0.05, 0) is 0 Å². The maximum absolute atomic E-state index is 2.43. The summed E-state index contributed by atoms with van der Waals surface area (Å²) in [4.78, 5) is 0. The zero-order valence-corrected chi connectivity index (χ0v) is 26.4. The van der Waals surface area contributed by atoms with Gasteiger partial charge in [-0.3, -0.25) is 0 Å². The topological polar surface area (TPSA) is 0 Å². The summed E-state index contributed by atoms with van der Waals surface area (Å²) in [5, 5.41) is 0. The van der Waals surface area contributed by atoms with Crippen molar-refractivity contribution in [1.82, 2.24) is 0 Å². The Morgan fingerprint density at radius 1 is 0.389 bits per heavy atom.